The lowest BCUT2D eigenvalue weighted by Crippen LogP contribution is -2.33. The van der Waals surface area contributed by atoms with Crippen LogP contribution in [0, 0.1) is 32.6 Å². The first-order valence-corrected chi connectivity index (χ1v) is 41.4. The Bertz CT molecular complexity index is 5150. The Labute approximate surface area is 648 Å². The van der Waals surface area contributed by atoms with Crippen molar-refractivity contribution in [2.45, 2.75) is 145 Å². The zero-order valence-corrected chi connectivity index (χ0v) is 65.5. The maximum Gasteiger partial charge on any atom is 0.243 e. The summed E-state index contributed by atoms with van der Waals surface area (Å²) in [6, 6.07) is 77.1. The van der Waals surface area contributed by atoms with Crippen LogP contribution in [-0.4, -0.2) is 109 Å². The number of hydrogen-bond acceptors (Lipinski definition) is 13. The highest BCUT2D eigenvalue weighted by Crippen LogP contribution is 2.25. The van der Waals surface area contributed by atoms with Crippen molar-refractivity contribution in [2.24, 2.45) is 0 Å². The first kappa shape index (κ1) is 81.3. The number of methoxy groups -OCH3 is 1. The van der Waals surface area contributed by atoms with Crippen molar-refractivity contribution < 1.29 is 30.0 Å². The molecule has 9 aromatic carbocycles. The number of hydrogen-bond donors (Lipinski definition) is 0. The normalized spacial score (nSPS) is 11.6. The van der Waals surface area contributed by atoms with Crippen molar-refractivity contribution >= 4 is 41.7 Å². The summed E-state index contributed by atoms with van der Waals surface area (Å²) in [6.07, 6.45) is 14.3. The highest BCUT2D eigenvalue weighted by atomic mass is 35.5. The number of ether oxygens (including phenoxy) is 1. The SMILES string of the molecule is COc1ccc(CCCn2cnnc2CN(CCCCc2ccccc2)S(=O)(=O)c2ccc(C)cc2)cc1.Cc1ccc(S(=O)(=O)N(CCCCc2ccccc2)Cc2nncn2CC#Cc2ccccc2)cc1.Cc1ccc(S(=O)(=O)N(CCCCc2ccccc2)Cc2nncn2Cc2cccc(Cl)c2)cc1. The molecule has 0 radical (unpaired) electrons. The first-order valence-electron chi connectivity index (χ1n) is 36.7. The highest BCUT2D eigenvalue weighted by Gasteiger charge is 2.29. The van der Waals surface area contributed by atoms with Gasteiger partial charge in [0.25, 0.3) is 0 Å². The van der Waals surface area contributed by atoms with Crippen LogP contribution in [0.2, 0.25) is 5.02 Å². The molecule has 0 saturated heterocycles. The molecule has 0 aliphatic rings. The number of halogens is 1. The van der Waals surface area contributed by atoms with Crippen molar-refractivity contribution in [3.63, 3.8) is 0 Å². The Hall–Kier alpha value is -10.2. The number of aromatic nitrogens is 9. The van der Waals surface area contributed by atoms with Crippen molar-refractivity contribution in [1.29, 1.82) is 0 Å². The van der Waals surface area contributed by atoms with Crippen molar-refractivity contribution in [3.8, 4) is 17.6 Å². The summed E-state index contributed by atoms with van der Waals surface area (Å²) in [5.74, 6) is 8.90. The number of unbranched alkanes of at least 4 members (excludes halogenated alkanes) is 3. The number of nitrogens with zero attached hydrogens (tertiary/aromatic N) is 12. The van der Waals surface area contributed by atoms with E-state index in [0.29, 0.717) is 66.7 Å². The topological polar surface area (TPSA) is 213 Å². The molecule has 0 bridgehead atoms. The van der Waals surface area contributed by atoms with E-state index in [2.05, 4.69) is 91.0 Å². The molecule has 19 nitrogen and oxygen atoms in total. The molecule has 3 aromatic heterocycles. The van der Waals surface area contributed by atoms with Crippen molar-refractivity contribution in [1.82, 2.24) is 57.2 Å². The molecule has 23 heteroatoms. The van der Waals surface area contributed by atoms with Crippen LogP contribution in [-0.2, 0) is 95.0 Å². The number of aryl methyl sites for hydroxylation is 8. The summed E-state index contributed by atoms with van der Waals surface area (Å²) in [7, 11) is -9.43. The predicted octanol–water partition coefficient (Wildman–Crippen LogP) is 15.8. The minimum Gasteiger partial charge on any atom is -0.497 e. The fraction of sp³-hybridized carbons (Fsp3) is 0.279. The van der Waals surface area contributed by atoms with E-state index >= 15 is 0 Å². The summed E-state index contributed by atoms with van der Waals surface area (Å²) < 4.78 is 97.1. The Morgan fingerprint density at radius 1 is 0.385 bits per heavy atom. The van der Waals surface area contributed by atoms with E-state index in [4.69, 9.17) is 16.3 Å². The summed E-state index contributed by atoms with van der Waals surface area (Å²) in [6.45, 7) is 9.10. The van der Waals surface area contributed by atoms with Crippen molar-refractivity contribution in [2.75, 3.05) is 26.7 Å². The molecule has 0 N–H and O–H groups in total. The molecule has 0 saturated carbocycles. The van der Waals surface area contributed by atoms with Gasteiger partial charge in [-0.25, -0.2) is 25.3 Å². The van der Waals surface area contributed by atoms with Gasteiger partial charge in [0.15, 0.2) is 0 Å². The van der Waals surface area contributed by atoms with E-state index in [0.717, 1.165) is 104 Å². The minimum absolute atomic E-state index is 0.133. The zero-order chi connectivity index (χ0) is 76.7. The average molecular weight is 1540 g/mol. The van der Waals surface area contributed by atoms with E-state index in [1.807, 2.05) is 188 Å². The van der Waals surface area contributed by atoms with Gasteiger partial charge in [0.05, 0.1) is 54.5 Å². The Morgan fingerprint density at radius 3 is 1.16 bits per heavy atom. The van der Waals surface area contributed by atoms with E-state index in [-0.39, 0.29) is 29.4 Å². The third kappa shape index (κ3) is 25.2. The van der Waals surface area contributed by atoms with Gasteiger partial charge in [-0.05, 0) is 192 Å². The number of benzene rings is 9. The van der Waals surface area contributed by atoms with Crippen LogP contribution in [0.4, 0.5) is 0 Å². The summed E-state index contributed by atoms with van der Waals surface area (Å²) >= 11 is 6.14. The number of rotatable bonds is 35. The van der Waals surface area contributed by atoms with Crippen molar-refractivity contribution in [3.05, 3.63) is 334 Å². The molecule has 0 aliphatic carbocycles. The molecule has 3 heterocycles. The Balaban J connectivity index is 0.000000174. The van der Waals surface area contributed by atoms with E-state index < -0.39 is 30.1 Å². The fourth-order valence-corrected chi connectivity index (χ4v) is 16.7. The molecular weight excluding hydrogens is 1440 g/mol. The molecule has 109 heavy (non-hydrogen) atoms. The van der Waals surface area contributed by atoms with Crippen LogP contribution in [0.5, 0.6) is 5.75 Å². The zero-order valence-electron chi connectivity index (χ0n) is 62.3. The second kappa shape index (κ2) is 41.4. The van der Waals surface area contributed by atoms with Crippen LogP contribution in [0.15, 0.2) is 276 Å². The maximum atomic E-state index is 13.7. The summed E-state index contributed by atoms with van der Waals surface area (Å²) in [4.78, 5) is 0.870. The lowest BCUT2D eigenvalue weighted by atomic mass is 10.1. The van der Waals surface area contributed by atoms with Crippen LogP contribution < -0.4 is 4.74 Å². The van der Waals surface area contributed by atoms with Crippen LogP contribution >= 0.6 is 11.6 Å². The van der Waals surface area contributed by atoms with Crippen LogP contribution in [0.3, 0.4) is 0 Å². The van der Waals surface area contributed by atoms with Gasteiger partial charge in [0.2, 0.25) is 30.1 Å². The molecule has 0 amide bonds. The second-order valence-corrected chi connectivity index (χ2v) is 33.0. The van der Waals surface area contributed by atoms with E-state index in [1.54, 1.807) is 71.4 Å². The lowest BCUT2D eigenvalue weighted by Gasteiger charge is -2.22. The van der Waals surface area contributed by atoms with Crippen LogP contribution in [0.25, 0.3) is 0 Å². The van der Waals surface area contributed by atoms with Crippen LogP contribution in [0.1, 0.15) is 112 Å². The molecule has 0 fully saturated rings. The molecular formula is C86H95ClN12O7S3. The van der Waals surface area contributed by atoms with Gasteiger partial charge < -0.3 is 18.4 Å². The Kier molecular flexibility index (Phi) is 30.9. The highest BCUT2D eigenvalue weighted by molar-refractivity contribution is 7.89. The summed E-state index contributed by atoms with van der Waals surface area (Å²) in [5.41, 5.74) is 9.96. The molecule has 0 aliphatic heterocycles. The lowest BCUT2D eigenvalue weighted by molar-refractivity contribution is 0.378. The van der Waals surface area contributed by atoms with Gasteiger partial charge in [-0.1, -0.05) is 210 Å². The van der Waals surface area contributed by atoms with E-state index in [9.17, 15) is 25.3 Å². The monoisotopic (exact) mass is 1540 g/mol. The minimum atomic E-state index is -3.70. The number of sulfonamides is 3. The van der Waals surface area contributed by atoms with Gasteiger partial charge >= 0.3 is 0 Å². The first-order chi connectivity index (χ1) is 52.9. The fourth-order valence-electron chi connectivity index (χ4n) is 12.2. The standard InChI is InChI=1S/C30H36N4O3S.C29H30N4O2S.C27H29ClN4O2S/c1-25-13-19-29(20-14-25)38(35,36)34(22-7-6-11-26-9-4-3-5-10-26)23-30-32-31-24-33(30)21-8-12-27-15-17-28(37-2)18-16-27;1-25-17-19-28(20-18-25)36(34,35)33(22-9-8-15-26-11-4-2-5-12-26)23-29-31-30-24-32(29)21-10-16-27-13-6-3-7-14-27;1-22-13-15-26(16-14-22)35(33,34)32(17-6-5-10-23-8-3-2-4-9-23)20-27-30-29-21-31(27)19-24-11-7-12-25(28)18-24/h3-5,9-10,13-20,24H,6-8,11-12,21-23H2,1-2H3;2-7,11-14,17-20,24H,8-9,15,21-23H2,1H3;2-4,7-9,11-16,18,21H,5-6,10,17,19-20H2,1H3. The summed E-state index contributed by atoms with van der Waals surface area (Å²) in [5, 5.41) is 25.6. The molecule has 566 valence electrons. The largest absolute Gasteiger partial charge is 0.497 e. The van der Waals surface area contributed by atoms with Gasteiger partial charge in [0.1, 0.15) is 42.2 Å². The van der Waals surface area contributed by atoms with Gasteiger partial charge in [-0.3, -0.25) is 0 Å². The molecule has 12 aromatic rings. The van der Waals surface area contributed by atoms with Gasteiger partial charge in [0, 0.05) is 36.8 Å². The van der Waals surface area contributed by atoms with Gasteiger partial charge in [-0.15, -0.1) is 30.6 Å². The maximum absolute atomic E-state index is 13.7. The molecule has 0 unspecified atom stereocenters. The van der Waals surface area contributed by atoms with E-state index in [1.165, 1.54) is 30.9 Å². The third-order valence-corrected chi connectivity index (χ3v) is 24.2. The van der Waals surface area contributed by atoms with Gasteiger partial charge in [-0.2, -0.15) is 12.9 Å². The predicted molar refractivity (Wildman–Crippen MR) is 430 cm³/mol. The molecule has 0 atom stereocenters. The third-order valence-electron chi connectivity index (χ3n) is 18.4. The Morgan fingerprint density at radius 2 is 0.743 bits per heavy atom. The molecule has 12 rings (SSSR count). The molecule has 0 spiro atoms. The quantitative estimate of drug-likeness (QED) is 0.0267. The average Bonchev–Trinajstić information content (AvgIpc) is 1.71. The smallest absolute Gasteiger partial charge is 0.243 e. The second-order valence-electron chi connectivity index (χ2n) is 26.7.